The summed E-state index contributed by atoms with van der Waals surface area (Å²) in [5.74, 6) is 0.629. The normalized spacial score (nSPS) is 17.8. The standard InChI is InChI=1S/C11H16N2O3S/c1-16-9-2-4-10(5-3-9)17(14,15)13-11(8-12)6-7-11/h2-5,13H,6-8,12H2,1H3. The van der Waals surface area contributed by atoms with Gasteiger partial charge in [-0.15, -0.1) is 0 Å². The molecule has 1 aliphatic carbocycles. The zero-order chi connectivity index (χ0) is 12.5. The van der Waals surface area contributed by atoms with Crippen molar-refractivity contribution < 1.29 is 13.2 Å². The fourth-order valence-electron chi connectivity index (χ4n) is 1.60. The molecule has 1 fully saturated rings. The second-order valence-corrected chi connectivity index (χ2v) is 5.95. The fraction of sp³-hybridized carbons (Fsp3) is 0.455. The van der Waals surface area contributed by atoms with Crippen molar-refractivity contribution >= 4 is 10.0 Å². The summed E-state index contributed by atoms with van der Waals surface area (Å²) >= 11 is 0. The first kappa shape index (κ1) is 12.3. The highest BCUT2D eigenvalue weighted by Gasteiger charge is 2.44. The Hall–Kier alpha value is -1.11. The van der Waals surface area contributed by atoms with Crippen LogP contribution in [0.15, 0.2) is 29.2 Å². The van der Waals surface area contributed by atoms with E-state index in [1.54, 1.807) is 12.1 Å². The topological polar surface area (TPSA) is 81.4 Å². The average molecular weight is 256 g/mol. The molecule has 2 rings (SSSR count). The molecule has 1 aliphatic rings. The predicted molar refractivity (Wildman–Crippen MR) is 64.3 cm³/mol. The van der Waals surface area contributed by atoms with Crippen molar-refractivity contribution in [1.29, 1.82) is 0 Å². The Kier molecular flexibility index (Phi) is 3.11. The van der Waals surface area contributed by atoms with Crippen LogP contribution in [0.1, 0.15) is 12.8 Å². The lowest BCUT2D eigenvalue weighted by atomic mass is 10.3. The van der Waals surface area contributed by atoms with Gasteiger partial charge in [-0.25, -0.2) is 13.1 Å². The van der Waals surface area contributed by atoms with Gasteiger partial charge in [0.15, 0.2) is 0 Å². The molecule has 94 valence electrons. The Morgan fingerprint density at radius 2 is 1.94 bits per heavy atom. The molecule has 1 aromatic carbocycles. The van der Waals surface area contributed by atoms with Crippen molar-refractivity contribution in [2.24, 2.45) is 5.73 Å². The molecule has 1 saturated carbocycles. The van der Waals surface area contributed by atoms with Gasteiger partial charge in [-0.1, -0.05) is 0 Å². The van der Waals surface area contributed by atoms with Gasteiger partial charge in [0.2, 0.25) is 10.0 Å². The highest BCUT2D eigenvalue weighted by molar-refractivity contribution is 7.89. The maximum atomic E-state index is 12.0. The van der Waals surface area contributed by atoms with Crippen molar-refractivity contribution in [2.75, 3.05) is 13.7 Å². The molecule has 0 radical (unpaired) electrons. The largest absolute Gasteiger partial charge is 0.497 e. The minimum absolute atomic E-state index is 0.234. The summed E-state index contributed by atoms with van der Waals surface area (Å²) in [5, 5.41) is 0. The number of sulfonamides is 1. The molecule has 0 bridgehead atoms. The van der Waals surface area contributed by atoms with Gasteiger partial charge in [-0.2, -0.15) is 0 Å². The monoisotopic (exact) mass is 256 g/mol. The van der Waals surface area contributed by atoms with Gasteiger partial charge in [0.05, 0.1) is 12.0 Å². The summed E-state index contributed by atoms with van der Waals surface area (Å²) in [6.07, 6.45) is 1.61. The third kappa shape index (κ3) is 2.59. The van der Waals surface area contributed by atoms with Crippen molar-refractivity contribution in [2.45, 2.75) is 23.3 Å². The summed E-state index contributed by atoms with van der Waals surface area (Å²) in [4.78, 5) is 0.234. The molecule has 3 N–H and O–H groups in total. The summed E-state index contributed by atoms with van der Waals surface area (Å²) < 4.78 is 31.7. The number of hydrogen-bond donors (Lipinski definition) is 2. The summed E-state index contributed by atoms with van der Waals surface area (Å²) in [6, 6.07) is 6.29. The molecule has 0 aromatic heterocycles. The lowest BCUT2D eigenvalue weighted by Crippen LogP contribution is -2.42. The highest BCUT2D eigenvalue weighted by Crippen LogP contribution is 2.35. The van der Waals surface area contributed by atoms with Gasteiger partial charge in [-0.05, 0) is 37.1 Å². The van der Waals surface area contributed by atoms with Crippen LogP contribution in [0.3, 0.4) is 0 Å². The summed E-state index contributed by atoms with van der Waals surface area (Å²) in [7, 11) is -1.94. The first-order valence-corrected chi connectivity index (χ1v) is 6.88. The third-order valence-corrected chi connectivity index (χ3v) is 4.56. The molecular weight excluding hydrogens is 240 g/mol. The molecule has 0 amide bonds. The molecule has 0 atom stereocenters. The molecule has 1 aromatic rings. The first-order valence-electron chi connectivity index (χ1n) is 5.39. The lowest BCUT2D eigenvalue weighted by molar-refractivity contribution is 0.414. The van der Waals surface area contributed by atoms with E-state index in [0.29, 0.717) is 12.3 Å². The van der Waals surface area contributed by atoms with Gasteiger partial charge < -0.3 is 10.5 Å². The molecular formula is C11H16N2O3S. The van der Waals surface area contributed by atoms with Gasteiger partial charge in [0.25, 0.3) is 0 Å². The second-order valence-electron chi connectivity index (χ2n) is 4.27. The highest BCUT2D eigenvalue weighted by atomic mass is 32.2. The van der Waals surface area contributed by atoms with Crippen LogP contribution in [0.4, 0.5) is 0 Å². The van der Waals surface area contributed by atoms with Crippen LogP contribution < -0.4 is 15.2 Å². The Bertz CT molecular complexity index is 492. The third-order valence-electron chi connectivity index (χ3n) is 2.96. The number of rotatable bonds is 5. The smallest absolute Gasteiger partial charge is 0.241 e. The molecule has 0 spiro atoms. The number of methoxy groups -OCH3 is 1. The number of ether oxygens (including phenoxy) is 1. The van der Waals surface area contributed by atoms with E-state index in [2.05, 4.69) is 4.72 Å². The van der Waals surface area contributed by atoms with Crippen LogP contribution in [0.2, 0.25) is 0 Å². The van der Waals surface area contributed by atoms with E-state index in [-0.39, 0.29) is 4.90 Å². The van der Waals surface area contributed by atoms with E-state index in [9.17, 15) is 8.42 Å². The Morgan fingerprint density at radius 1 is 1.35 bits per heavy atom. The quantitative estimate of drug-likeness (QED) is 0.802. The molecule has 0 heterocycles. The van der Waals surface area contributed by atoms with E-state index in [0.717, 1.165) is 12.8 Å². The molecule has 0 aliphatic heterocycles. The summed E-state index contributed by atoms with van der Waals surface area (Å²) in [6.45, 7) is 0.336. The molecule has 0 unspecified atom stereocenters. The second kappa shape index (κ2) is 4.29. The van der Waals surface area contributed by atoms with E-state index in [4.69, 9.17) is 10.5 Å². The van der Waals surface area contributed by atoms with Crippen LogP contribution >= 0.6 is 0 Å². The Balaban J connectivity index is 2.19. The Morgan fingerprint density at radius 3 is 2.35 bits per heavy atom. The number of hydrogen-bond acceptors (Lipinski definition) is 4. The van der Waals surface area contributed by atoms with Crippen LogP contribution in [-0.2, 0) is 10.0 Å². The van der Waals surface area contributed by atoms with Crippen molar-refractivity contribution in [3.63, 3.8) is 0 Å². The maximum absolute atomic E-state index is 12.0. The van der Waals surface area contributed by atoms with Crippen molar-refractivity contribution in [3.8, 4) is 5.75 Å². The Labute approximate surface area is 101 Å². The van der Waals surface area contributed by atoms with E-state index < -0.39 is 15.6 Å². The molecule has 17 heavy (non-hydrogen) atoms. The maximum Gasteiger partial charge on any atom is 0.241 e. The van der Waals surface area contributed by atoms with Crippen LogP contribution in [0.25, 0.3) is 0 Å². The van der Waals surface area contributed by atoms with Crippen molar-refractivity contribution in [1.82, 2.24) is 4.72 Å². The average Bonchev–Trinajstić information content (AvgIpc) is 3.09. The SMILES string of the molecule is COc1ccc(S(=O)(=O)NC2(CN)CC2)cc1. The van der Waals surface area contributed by atoms with Gasteiger partial charge >= 0.3 is 0 Å². The van der Waals surface area contributed by atoms with Crippen molar-refractivity contribution in [3.05, 3.63) is 24.3 Å². The minimum Gasteiger partial charge on any atom is -0.497 e. The van der Waals surface area contributed by atoms with Gasteiger partial charge in [-0.3, -0.25) is 0 Å². The van der Waals surface area contributed by atoms with Crippen LogP contribution in [0, 0.1) is 0 Å². The fourth-order valence-corrected chi connectivity index (χ4v) is 3.07. The lowest BCUT2D eigenvalue weighted by Gasteiger charge is -2.15. The van der Waals surface area contributed by atoms with E-state index in [1.807, 2.05) is 0 Å². The number of nitrogens with one attached hydrogen (secondary N) is 1. The van der Waals surface area contributed by atoms with Crippen LogP contribution in [-0.4, -0.2) is 27.6 Å². The van der Waals surface area contributed by atoms with Gasteiger partial charge in [0.1, 0.15) is 5.75 Å². The molecule has 6 heteroatoms. The van der Waals surface area contributed by atoms with Crippen LogP contribution in [0.5, 0.6) is 5.75 Å². The summed E-state index contributed by atoms with van der Waals surface area (Å²) in [5.41, 5.74) is 5.13. The van der Waals surface area contributed by atoms with E-state index >= 15 is 0 Å². The number of nitrogens with two attached hydrogens (primary N) is 1. The zero-order valence-corrected chi connectivity index (χ0v) is 10.5. The molecule has 5 nitrogen and oxygen atoms in total. The number of benzene rings is 1. The zero-order valence-electron chi connectivity index (χ0n) is 9.64. The first-order chi connectivity index (χ1) is 8.01. The predicted octanol–water partition coefficient (Wildman–Crippen LogP) is 0.465. The minimum atomic E-state index is -3.48. The van der Waals surface area contributed by atoms with Gasteiger partial charge in [0, 0.05) is 12.1 Å². The van der Waals surface area contributed by atoms with E-state index in [1.165, 1.54) is 19.2 Å². The molecule has 0 saturated heterocycles.